The molecule has 9 nitrogen and oxygen atoms in total. The quantitative estimate of drug-likeness (QED) is 0.602. The SMILES string of the molecule is CC1CNC(=O)c2cnn3cc4c(nc23)N(Cc2cc(F)cnc2OC1)[C@H](C)CO4. The van der Waals surface area contributed by atoms with E-state index < -0.39 is 5.82 Å². The van der Waals surface area contributed by atoms with Crippen LogP contribution in [0.25, 0.3) is 5.65 Å². The van der Waals surface area contributed by atoms with Crippen molar-refractivity contribution in [1.82, 2.24) is 24.9 Å². The molecule has 0 spiro atoms. The second kappa shape index (κ2) is 7.12. The van der Waals surface area contributed by atoms with Gasteiger partial charge in [-0.25, -0.2) is 18.9 Å². The number of rotatable bonds is 0. The Morgan fingerprint density at radius 2 is 2.10 bits per heavy atom. The Morgan fingerprint density at radius 1 is 1.23 bits per heavy atom. The summed E-state index contributed by atoms with van der Waals surface area (Å²) in [5, 5.41) is 7.16. The molecule has 2 atom stereocenters. The first kappa shape index (κ1) is 18.6. The number of hydrogen-bond acceptors (Lipinski definition) is 7. The number of carbonyl (C=O) groups is 1. The summed E-state index contributed by atoms with van der Waals surface area (Å²) in [5.74, 6) is 0.827. The van der Waals surface area contributed by atoms with Crippen molar-refractivity contribution in [2.24, 2.45) is 5.92 Å². The molecule has 0 saturated heterocycles. The standard InChI is InChI=1S/C20H21FN6O3/c1-11-4-22-19(28)15-6-24-27-8-16-18(25-17(15)27)26(12(2)10-29-16)7-13-3-14(21)5-23-20(13)30-9-11/h3,5-6,8,11-12H,4,7,9-10H2,1-2H3,(H,22,28)/t11?,12-/m1/s1. The summed E-state index contributed by atoms with van der Waals surface area (Å²) < 4.78 is 27.3. The van der Waals surface area contributed by atoms with Crippen LogP contribution < -0.4 is 19.7 Å². The van der Waals surface area contributed by atoms with Gasteiger partial charge in [-0.2, -0.15) is 5.10 Å². The van der Waals surface area contributed by atoms with Crippen molar-refractivity contribution < 1.29 is 18.7 Å². The Kier molecular flexibility index (Phi) is 4.41. The summed E-state index contributed by atoms with van der Waals surface area (Å²) in [6, 6.07) is 1.40. The zero-order valence-corrected chi connectivity index (χ0v) is 16.6. The van der Waals surface area contributed by atoms with Gasteiger partial charge in [0.2, 0.25) is 5.88 Å². The summed E-state index contributed by atoms with van der Waals surface area (Å²) in [7, 11) is 0. The average Bonchev–Trinajstić information content (AvgIpc) is 3.14. The molecule has 1 amide bonds. The smallest absolute Gasteiger partial charge is 0.256 e. The number of anilines is 1. The first-order valence-corrected chi connectivity index (χ1v) is 9.83. The van der Waals surface area contributed by atoms with E-state index in [0.29, 0.717) is 60.5 Å². The lowest BCUT2D eigenvalue weighted by molar-refractivity contribution is 0.0944. The maximum atomic E-state index is 14.0. The second-order valence-electron chi connectivity index (χ2n) is 7.79. The van der Waals surface area contributed by atoms with Crippen molar-refractivity contribution >= 4 is 17.4 Å². The van der Waals surface area contributed by atoms with Gasteiger partial charge in [0.05, 0.1) is 37.8 Å². The van der Waals surface area contributed by atoms with Crippen LogP contribution in [0, 0.1) is 11.7 Å². The Hall–Kier alpha value is -3.43. The molecule has 3 aromatic heterocycles. The zero-order valence-electron chi connectivity index (χ0n) is 16.6. The minimum absolute atomic E-state index is 0.0239. The van der Waals surface area contributed by atoms with Crippen molar-refractivity contribution in [3.63, 3.8) is 0 Å². The highest BCUT2D eigenvalue weighted by Crippen LogP contribution is 2.35. The predicted molar refractivity (Wildman–Crippen MR) is 105 cm³/mol. The van der Waals surface area contributed by atoms with Crippen molar-refractivity contribution in [3.8, 4) is 11.6 Å². The zero-order chi connectivity index (χ0) is 20.8. The number of ether oxygens (including phenoxy) is 2. The molecule has 156 valence electrons. The topological polar surface area (TPSA) is 93.9 Å². The minimum Gasteiger partial charge on any atom is -0.486 e. The van der Waals surface area contributed by atoms with Gasteiger partial charge in [0.15, 0.2) is 17.2 Å². The number of halogens is 1. The maximum Gasteiger partial charge on any atom is 0.256 e. The third-order valence-electron chi connectivity index (χ3n) is 5.32. The highest BCUT2D eigenvalue weighted by atomic mass is 19.1. The number of hydrogen-bond donors (Lipinski definition) is 1. The molecule has 0 aromatic carbocycles. The van der Waals surface area contributed by atoms with Crippen LogP contribution in [0.3, 0.4) is 0 Å². The molecule has 0 radical (unpaired) electrons. The lowest BCUT2D eigenvalue weighted by Crippen LogP contribution is -2.41. The monoisotopic (exact) mass is 412 g/mol. The highest BCUT2D eigenvalue weighted by molar-refractivity contribution is 5.99. The maximum absolute atomic E-state index is 14.0. The first-order valence-electron chi connectivity index (χ1n) is 9.83. The van der Waals surface area contributed by atoms with E-state index in [9.17, 15) is 9.18 Å². The van der Waals surface area contributed by atoms with Crippen LogP contribution in [0.15, 0.2) is 24.7 Å². The molecule has 5 rings (SSSR count). The number of aromatic nitrogens is 4. The highest BCUT2D eigenvalue weighted by Gasteiger charge is 2.29. The van der Waals surface area contributed by atoms with Crippen LogP contribution in [-0.2, 0) is 6.54 Å². The van der Waals surface area contributed by atoms with Gasteiger partial charge in [0.1, 0.15) is 18.0 Å². The van der Waals surface area contributed by atoms with E-state index in [1.165, 1.54) is 16.8 Å². The van der Waals surface area contributed by atoms with Gasteiger partial charge >= 0.3 is 0 Å². The van der Waals surface area contributed by atoms with Gasteiger partial charge in [-0.15, -0.1) is 0 Å². The lowest BCUT2D eigenvalue weighted by Gasteiger charge is -2.35. The van der Waals surface area contributed by atoms with Crippen molar-refractivity contribution in [1.29, 1.82) is 0 Å². The summed E-state index contributed by atoms with van der Waals surface area (Å²) in [6.07, 6.45) is 4.35. The van der Waals surface area contributed by atoms with Gasteiger partial charge in [-0.1, -0.05) is 6.92 Å². The fraction of sp³-hybridized carbons (Fsp3) is 0.400. The van der Waals surface area contributed by atoms with Gasteiger partial charge in [0, 0.05) is 18.0 Å². The summed E-state index contributed by atoms with van der Waals surface area (Å²) in [5.41, 5.74) is 1.44. The van der Waals surface area contributed by atoms with Crippen molar-refractivity contribution in [2.75, 3.05) is 24.7 Å². The van der Waals surface area contributed by atoms with Gasteiger partial charge in [-0.3, -0.25) is 4.79 Å². The number of nitrogens with one attached hydrogen (secondary N) is 1. The van der Waals surface area contributed by atoms with Crippen LogP contribution in [0.2, 0.25) is 0 Å². The molecule has 5 heterocycles. The predicted octanol–water partition coefficient (Wildman–Crippen LogP) is 1.81. The Morgan fingerprint density at radius 3 is 2.97 bits per heavy atom. The van der Waals surface area contributed by atoms with Crippen molar-refractivity contribution in [3.05, 3.63) is 41.6 Å². The number of fused-ring (bicyclic) bond motifs is 1. The molecule has 2 aliphatic rings. The van der Waals surface area contributed by atoms with E-state index in [0.717, 1.165) is 6.20 Å². The summed E-state index contributed by atoms with van der Waals surface area (Å²) in [6.45, 7) is 5.47. The van der Waals surface area contributed by atoms with E-state index in [1.807, 2.05) is 18.7 Å². The van der Waals surface area contributed by atoms with Crippen LogP contribution in [-0.4, -0.2) is 51.3 Å². The minimum atomic E-state index is -0.429. The molecule has 0 saturated carbocycles. The van der Waals surface area contributed by atoms with E-state index in [2.05, 4.69) is 15.4 Å². The largest absolute Gasteiger partial charge is 0.486 e. The first-order chi connectivity index (χ1) is 14.5. The normalized spacial score (nSPS) is 21.4. The molecule has 2 bridgehead atoms. The molecule has 1 N–H and O–H groups in total. The Bertz CT molecular complexity index is 1130. The number of amides is 1. The number of carbonyl (C=O) groups excluding carboxylic acids is 1. The van der Waals surface area contributed by atoms with Crippen LogP contribution >= 0.6 is 0 Å². The van der Waals surface area contributed by atoms with Gasteiger partial charge in [-0.05, 0) is 13.0 Å². The fourth-order valence-electron chi connectivity index (χ4n) is 3.63. The number of nitrogens with zero attached hydrogens (tertiary/aromatic N) is 5. The molecule has 3 aromatic rings. The summed E-state index contributed by atoms with van der Waals surface area (Å²) in [4.78, 5) is 23.6. The molecule has 2 aliphatic heterocycles. The van der Waals surface area contributed by atoms with Gasteiger partial charge in [0.25, 0.3) is 5.91 Å². The fourth-order valence-corrected chi connectivity index (χ4v) is 3.63. The third kappa shape index (κ3) is 3.17. The molecule has 10 heteroatoms. The van der Waals surface area contributed by atoms with E-state index in [1.54, 1.807) is 6.20 Å². The molecule has 0 aliphatic carbocycles. The second-order valence-corrected chi connectivity index (χ2v) is 7.79. The molecular formula is C20H21FN6O3. The molecular weight excluding hydrogens is 391 g/mol. The van der Waals surface area contributed by atoms with E-state index in [4.69, 9.17) is 14.5 Å². The molecule has 30 heavy (non-hydrogen) atoms. The summed E-state index contributed by atoms with van der Waals surface area (Å²) >= 11 is 0. The van der Waals surface area contributed by atoms with Crippen LogP contribution in [0.5, 0.6) is 11.6 Å². The average molecular weight is 412 g/mol. The van der Waals surface area contributed by atoms with Crippen LogP contribution in [0.1, 0.15) is 29.8 Å². The third-order valence-corrected chi connectivity index (χ3v) is 5.32. The van der Waals surface area contributed by atoms with Crippen molar-refractivity contribution in [2.45, 2.75) is 26.4 Å². The van der Waals surface area contributed by atoms with Gasteiger partial charge < -0.3 is 19.7 Å². The number of pyridine rings is 1. The Balaban J connectivity index is 1.67. The Labute approximate surface area is 171 Å². The molecule has 0 fully saturated rings. The van der Waals surface area contributed by atoms with Crippen LogP contribution in [0.4, 0.5) is 10.2 Å². The lowest BCUT2D eigenvalue weighted by atomic mass is 10.1. The molecule has 1 unspecified atom stereocenters. The van der Waals surface area contributed by atoms with E-state index in [-0.39, 0.29) is 17.9 Å². The van der Waals surface area contributed by atoms with E-state index >= 15 is 0 Å².